The number of aryl methyl sites for hydroxylation is 1. The molecule has 0 aromatic carbocycles. The van der Waals surface area contributed by atoms with E-state index in [9.17, 15) is 4.79 Å². The van der Waals surface area contributed by atoms with Gasteiger partial charge in [-0.3, -0.25) is 4.79 Å². The van der Waals surface area contributed by atoms with Crippen molar-refractivity contribution in [3.63, 3.8) is 0 Å². The lowest BCUT2D eigenvalue weighted by Gasteiger charge is -2.34. The van der Waals surface area contributed by atoms with Gasteiger partial charge in [0.25, 0.3) is 0 Å². The second-order valence-electron chi connectivity index (χ2n) is 6.30. The molecule has 1 saturated heterocycles. The summed E-state index contributed by atoms with van der Waals surface area (Å²) in [5.74, 6) is 0. The number of hydrogen-bond acceptors (Lipinski definition) is 3. The molecule has 2 aromatic heterocycles. The molecule has 5 heteroatoms. The predicted molar refractivity (Wildman–Crippen MR) is 90.4 cm³/mol. The number of carbonyl (C=O) groups is 1. The van der Waals surface area contributed by atoms with Crippen LogP contribution in [0.3, 0.4) is 0 Å². The summed E-state index contributed by atoms with van der Waals surface area (Å²) >= 11 is 0. The number of hydrogen-bond donors (Lipinski definition) is 0. The molecule has 124 valence electrons. The third-order valence-electron chi connectivity index (χ3n) is 4.87. The van der Waals surface area contributed by atoms with Crippen LogP contribution in [-0.2, 0) is 9.53 Å². The highest BCUT2D eigenvalue weighted by atomic mass is 16.5. The summed E-state index contributed by atoms with van der Waals surface area (Å²) in [4.78, 5) is 18.1. The first-order chi connectivity index (χ1) is 11.2. The van der Waals surface area contributed by atoms with Crippen molar-refractivity contribution >= 4 is 17.4 Å². The van der Waals surface area contributed by atoms with E-state index in [0.29, 0.717) is 6.04 Å². The van der Waals surface area contributed by atoms with Gasteiger partial charge in [0, 0.05) is 43.6 Å². The maximum Gasteiger partial charge on any atom is 0.210 e. The third kappa shape index (κ3) is 3.24. The smallest absolute Gasteiger partial charge is 0.210 e. The molecule has 1 aliphatic heterocycles. The van der Waals surface area contributed by atoms with Crippen LogP contribution in [0, 0.1) is 6.92 Å². The summed E-state index contributed by atoms with van der Waals surface area (Å²) in [6.07, 6.45) is 7.83. The molecule has 0 saturated carbocycles. The Morgan fingerprint density at radius 2 is 2.26 bits per heavy atom. The van der Waals surface area contributed by atoms with Gasteiger partial charge in [0.2, 0.25) is 6.41 Å². The van der Waals surface area contributed by atoms with E-state index in [1.807, 2.05) is 17.2 Å². The molecular formula is C18H25N3O2. The molecule has 1 fully saturated rings. The number of pyridine rings is 1. The highest BCUT2D eigenvalue weighted by Crippen LogP contribution is 2.25. The Hall–Kier alpha value is -1.88. The van der Waals surface area contributed by atoms with Crippen molar-refractivity contribution in [1.82, 2.24) is 14.5 Å². The molecule has 1 amide bonds. The Labute approximate surface area is 137 Å². The van der Waals surface area contributed by atoms with Crippen molar-refractivity contribution in [1.29, 1.82) is 0 Å². The van der Waals surface area contributed by atoms with Crippen molar-refractivity contribution < 1.29 is 9.53 Å². The summed E-state index contributed by atoms with van der Waals surface area (Å²) in [6.45, 7) is 6.51. The highest BCUT2D eigenvalue weighted by molar-refractivity contribution is 5.80. The quantitative estimate of drug-likeness (QED) is 0.770. The van der Waals surface area contributed by atoms with Crippen LogP contribution in [0.2, 0.25) is 0 Å². The molecule has 1 aliphatic rings. The van der Waals surface area contributed by atoms with Gasteiger partial charge in [-0.2, -0.15) is 0 Å². The normalized spacial score (nSPS) is 17.3. The molecule has 5 nitrogen and oxygen atoms in total. The first-order valence-corrected chi connectivity index (χ1v) is 8.45. The Balaban J connectivity index is 1.84. The molecule has 23 heavy (non-hydrogen) atoms. The van der Waals surface area contributed by atoms with Gasteiger partial charge in [0.15, 0.2) is 0 Å². The minimum Gasteiger partial charge on any atom is -0.381 e. The van der Waals surface area contributed by atoms with Gasteiger partial charge in [-0.05, 0) is 43.9 Å². The second kappa shape index (κ2) is 7.13. The predicted octanol–water partition coefficient (Wildman–Crippen LogP) is 2.93. The van der Waals surface area contributed by atoms with Crippen molar-refractivity contribution in [2.45, 2.75) is 45.2 Å². The molecular weight excluding hydrogens is 290 g/mol. The largest absolute Gasteiger partial charge is 0.381 e. The molecule has 0 N–H and O–H groups in total. The Kier molecular flexibility index (Phi) is 4.96. The van der Waals surface area contributed by atoms with E-state index in [-0.39, 0.29) is 6.04 Å². The van der Waals surface area contributed by atoms with E-state index >= 15 is 0 Å². The van der Waals surface area contributed by atoms with Gasteiger partial charge in [0.05, 0.1) is 6.04 Å². The van der Waals surface area contributed by atoms with Crippen LogP contribution in [0.15, 0.2) is 24.5 Å². The average Bonchev–Trinajstić information content (AvgIpc) is 2.94. The summed E-state index contributed by atoms with van der Waals surface area (Å²) in [7, 11) is 0. The average molecular weight is 315 g/mol. The van der Waals surface area contributed by atoms with Crippen LogP contribution >= 0.6 is 0 Å². The molecule has 3 rings (SSSR count). The first-order valence-electron chi connectivity index (χ1n) is 8.45. The number of ether oxygens (including phenoxy) is 1. The topological polar surface area (TPSA) is 47.4 Å². The van der Waals surface area contributed by atoms with Gasteiger partial charge in [-0.25, -0.2) is 4.98 Å². The maximum atomic E-state index is 11.6. The molecule has 1 unspecified atom stereocenters. The van der Waals surface area contributed by atoms with Gasteiger partial charge in [0.1, 0.15) is 5.65 Å². The lowest BCUT2D eigenvalue weighted by Crippen LogP contribution is -2.41. The summed E-state index contributed by atoms with van der Waals surface area (Å²) in [5, 5.41) is 1.19. The lowest BCUT2D eigenvalue weighted by molar-refractivity contribution is -0.122. The summed E-state index contributed by atoms with van der Waals surface area (Å²) < 4.78 is 7.65. The molecule has 0 radical (unpaired) electrons. The zero-order chi connectivity index (χ0) is 16.2. The van der Waals surface area contributed by atoms with Gasteiger partial charge in [-0.15, -0.1) is 0 Å². The summed E-state index contributed by atoms with van der Waals surface area (Å²) in [6, 6.07) is 4.62. The van der Waals surface area contributed by atoms with E-state index < -0.39 is 0 Å². The Morgan fingerprint density at radius 3 is 2.96 bits per heavy atom. The van der Waals surface area contributed by atoms with Crippen LogP contribution < -0.4 is 0 Å². The van der Waals surface area contributed by atoms with Crippen molar-refractivity contribution in [2.24, 2.45) is 0 Å². The van der Waals surface area contributed by atoms with Crippen LogP contribution in [-0.4, -0.2) is 46.7 Å². The number of rotatable bonds is 6. The van der Waals surface area contributed by atoms with E-state index in [0.717, 1.165) is 51.1 Å². The Morgan fingerprint density at radius 1 is 1.48 bits per heavy atom. The molecule has 0 aliphatic carbocycles. The summed E-state index contributed by atoms with van der Waals surface area (Å²) in [5.41, 5.74) is 2.24. The fourth-order valence-electron chi connectivity index (χ4n) is 3.48. The number of nitrogens with zero attached hydrogens (tertiary/aromatic N) is 3. The monoisotopic (exact) mass is 315 g/mol. The second-order valence-corrected chi connectivity index (χ2v) is 6.30. The zero-order valence-corrected chi connectivity index (χ0v) is 13.9. The molecule has 0 spiro atoms. The number of aromatic nitrogens is 2. The number of carbonyl (C=O) groups excluding carboxylic acids is 1. The van der Waals surface area contributed by atoms with Crippen LogP contribution in [0.25, 0.3) is 11.0 Å². The lowest BCUT2D eigenvalue weighted by atomic mass is 10.1. The van der Waals surface area contributed by atoms with Crippen LogP contribution in [0.4, 0.5) is 0 Å². The SMILES string of the molecule is CCC(CN(C=O)C1CCOCC1)n1cc(C)c2cccnc21. The van der Waals surface area contributed by atoms with E-state index in [1.54, 1.807) is 0 Å². The Bertz CT molecular complexity index is 661. The standard InChI is InChI=1S/C18H25N3O2/c1-3-15(12-20(13-22)16-6-9-23-10-7-16)21-11-14(2)17-5-4-8-19-18(17)21/h4-5,8,11,13,15-16H,3,6-7,9-10,12H2,1-2H3. The van der Waals surface area contributed by atoms with Crippen molar-refractivity contribution in [3.05, 3.63) is 30.1 Å². The molecule has 2 aromatic rings. The first kappa shape index (κ1) is 16.0. The minimum absolute atomic E-state index is 0.245. The van der Waals surface area contributed by atoms with Gasteiger partial charge < -0.3 is 14.2 Å². The fraction of sp³-hybridized carbons (Fsp3) is 0.556. The zero-order valence-electron chi connectivity index (χ0n) is 13.9. The van der Waals surface area contributed by atoms with E-state index in [4.69, 9.17) is 4.74 Å². The van der Waals surface area contributed by atoms with Crippen LogP contribution in [0.1, 0.15) is 37.8 Å². The van der Waals surface area contributed by atoms with E-state index in [1.165, 1.54) is 10.9 Å². The number of amides is 1. The molecule has 1 atom stereocenters. The maximum absolute atomic E-state index is 11.6. The highest BCUT2D eigenvalue weighted by Gasteiger charge is 2.24. The third-order valence-corrected chi connectivity index (χ3v) is 4.87. The molecule has 3 heterocycles. The fourth-order valence-corrected chi connectivity index (χ4v) is 3.48. The van der Waals surface area contributed by atoms with Crippen molar-refractivity contribution in [3.8, 4) is 0 Å². The van der Waals surface area contributed by atoms with E-state index in [2.05, 4.69) is 35.7 Å². The van der Waals surface area contributed by atoms with Crippen LogP contribution in [0.5, 0.6) is 0 Å². The van der Waals surface area contributed by atoms with Gasteiger partial charge >= 0.3 is 0 Å². The minimum atomic E-state index is 0.245. The molecule has 0 bridgehead atoms. The number of fused-ring (bicyclic) bond motifs is 1. The van der Waals surface area contributed by atoms with Gasteiger partial charge in [-0.1, -0.05) is 6.92 Å². The van der Waals surface area contributed by atoms with Crippen molar-refractivity contribution in [2.75, 3.05) is 19.8 Å².